The number of thiocarbonyl (C=S) groups is 1. The van der Waals surface area contributed by atoms with Crippen LogP contribution in [0.1, 0.15) is 5.56 Å². The van der Waals surface area contributed by atoms with Crippen LogP contribution in [0.2, 0.25) is 0 Å². The minimum Gasteiger partial charge on any atom is -0.0794 e. The lowest BCUT2D eigenvalue weighted by molar-refractivity contribution is 1.68. The molecule has 0 aromatic heterocycles. The molecule has 4 aromatic carbocycles. The molecule has 0 unspecified atom stereocenters. The minimum atomic E-state index is -2.04. The Bertz CT molecular complexity index is 999. The van der Waals surface area contributed by atoms with Crippen LogP contribution in [0, 0.1) is 0 Å². The average Bonchev–Trinajstić information content (AvgIpc) is 2.80. The van der Waals surface area contributed by atoms with E-state index in [1.807, 2.05) is 18.2 Å². The van der Waals surface area contributed by atoms with Gasteiger partial charge in [0.1, 0.15) is 0 Å². The van der Waals surface area contributed by atoms with Crippen molar-refractivity contribution >= 4 is 45.7 Å². The lowest BCUT2D eigenvalue weighted by atomic mass is 10.2. The molecule has 0 N–H and O–H groups in total. The SMILES string of the molecule is S=C(C=P(c1ccccc1)(c1ccccc1)c1ccccc1)c1ccccc1. The molecule has 4 aromatic rings. The van der Waals surface area contributed by atoms with Gasteiger partial charge < -0.3 is 0 Å². The monoisotopic (exact) mass is 396 g/mol. The third kappa shape index (κ3) is 3.64. The van der Waals surface area contributed by atoms with Crippen LogP contribution in [-0.4, -0.2) is 10.7 Å². The lowest BCUT2D eigenvalue weighted by Gasteiger charge is -2.29. The van der Waals surface area contributed by atoms with E-state index >= 15 is 0 Å². The van der Waals surface area contributed by atoms with Crippen molar-refractivity contribution in [3.63, 3.8) is 0 Å². The van der Waals surface area contributed by atoms with E-state index in [-0.39, 0.29) is 0 Å². The molecule has 2 heteroatoms. The summed E-state index contributed by atoms with van der Waals surface area (Å²) in [5.41, 5.74) is 1.09. The molecule has 28 heavy (non-hydrogen) atoms. The van der Waals surface area contributed by atoms with Crippen LogP contribution in [0.5, 0.6) is 0 Å². The maximum absolute atomic E-state index is 5.94. The predicted molar refractivity (Wildman–Crippen MR) is 129 cm³/mol. The Hall–Kier alpha value is -2.73. The molecule has 0 nitrogen and oxygen atoms in total. The Kier molecular flexibility index (Phi) is 5.67. The van der Waals surface area contributed by atoms with Crippen LogP contribution in [0.25, 0.3) is 0 Å². The van der Waals surface area contributed by atoms with Crippen LogP contribution in [0.4, 0.5) is 0 Å². The second-order valence-electron chi connectivity index (χ2n) is 6.59. The van der Waals surface area contributed by atoms with Crippen LogP contribution < -0.4 is 15.9 Å². The first-order valence-electron chi connectivity index (χ1n) is 9.31. The lowest BCUT2D eigenvalue weighted by Crippen LogP contribution is -2.28. The zero-order chi connectivity index (χ0) is 19.2. The Morgan fingerprint density at radius 2 is 0.821 bits per heavy atom. The largest absolute Gasteiger partial charge is 0.0794 e. The molecule has 0 saturated heterocycles. The molecule has 0 heterocycles. The van der Waals surface area contributed by atoms with Gasteiger partial charge in [-0.15, -0.1) is 0 Å². The number of benzene rings is 4. The highest BCUT2D eigenvalue weighted by Gasteiger charge is 2.25. The van der Waals surface area contributed by atoms with E-state index in [9.17, 15) is 0 Å². The van der Waals surface area contributed by atoms with E-state index in [1.54, 1.807) is 0 Å². The van der Waals surface area contributed by atoms with Gasteiger partial charge in [0.05, 0.1) is 0 Å². The summed E-state index contributed by atoms with van der Waals surface area (Å²) in [6.07, 6.45) is 0. The first kappa shape index (κ1) is 18.6. The molecular weight excluding hydrogens is 375 g/mol. The van der Waals surface area contributed by atoms with Gasteiger partial charge >= 0.3 is 0 Å². The minimum absolute atomic E-state index is 0.894. The number of rotatable bonds is 5. The van der Waals surface area contributed by atoms with E-state index in [2.05, 4.69) is 109 Å². The molecule has 0 fully saturated rings. The van der Waals surface area contributed by atoms with Gasteiger partial charge in [-0.1, -0.05) is 134 Å². The first-order valence-corrected chi connectivity index (χ1v) is 11.6. The fraction of sp³-hybridized carbons (Fsp3) is 0. The summed E-state index contributed by atoms with van der Waals surface area (Å²) in [6.45, 7) is -2.04. The second-order valence-corrected chi connectivity index (χ2v) is 10.3. The van der Waals surface area contributed by atoms with Crippen molar-refractivity contribution in [1.82, 2.24) is 0 Å². The fourth-order valence-corrected chi connectivity index (χ4v) is 7.89. The Balaban J connectivity index is 2.07. The third-order valence-electron chi connectivity index (χ3n) is 4.86. The summed E-state index contributed by atoms with van der Waals surface area (Å²) in [5, 5.41) is 3.93. The molecule has 4 rings (SSSR count). The summed E-state index contributed by atoms with van der Waals surface area (Å²) >= 11 is 5.94. The van der Waals surface area contributed by atoms with Crippen molar-refractivity contribution in [2.24, 2.45) is 0 Å². The van der Waals surface area contributed by atoms with Gasteiger partial charge in [0.2, 0.25) is 0 Å². The van der Waals surface area contributed by atoms with Crippen LogP contribution in [0.3, 0.4) is 0 Å². The van der Waals surface area contributed by atoms with Crippen molar-refractivity contribution in [1.29, 1.82) is 0 Å². The predicted octanol–water partition coefficient (Wildman–Crippen LogP) is 5.20. The van der Waals surface area contributed by atoms with E-state index in [0.717, 1.165) is 10.4 Å². The smallest absolute Gasteiger partial charge is 0.0460 e. The standard InChI is InChI=1S/C26H21PS/c28-26(22-13-5-1-6-14-22)21-27(23-15-7-2-8-16-23,24-17-9-3-10-18-24)25-19-11-4-12-20-25/h1-21H. The maximum atomic E-state index is 5.94. The fourth-order valence-electron chi connectivity index (χ4n) is 3.51. The van der Waals surface area contributed by atoms with Crippen molar-refractivity contribution < 1.29 is 0 Å². The molecule has 0 aliphatic rings. The Labute approximate surface area is 172 Å². The van der Waals surface area contributed by atoms with Crippen molar-refractivity contribution in [2.75, 3.05) is 0 Å². The van der Waals surface area contributed by atoms with Crippen LogP contribution in [0.15, 0.2) is 121 Å². The highest BCUT2D eigenvalue weighted by Crippen LogP contribution is 2.43. The van der Waals surface area contributed by atoms with Gasteiger partial charge in [-0.25, -0.2) is 0 Å². The summed E-state index contributed by atoms with van der Waals surface area (Å²) in [6, 6.07) is 42.6. The van der Waals surface area contributed by atoms with Gasteiger partial charge in [0.15, 0.2) is 0 Å². The van der Waals surface area contributed by atoms with Gasteiger partial charge in [-0.3, -0.25) is 0 Å². The van der Waals surface area contributed by atoms with Crippen molar-refractivity contribution in [2.45, 2.75) is 0 Å². The van der Waals surface area contributed by atoms with Gasteiger partial charge in [0, 0.05) is 4.86 Å². The van der Waals surface area contributed by atoms with E-state index < -0.39 is 6.89 Å². The molecule has 0 aliphatic carbocycles. The molecule has 0 aliphatic heterocycles. The zero-order valence-corrected chi connectivity index (χ0v) is 17.2. The van der Waals surface area contributed by atoms with Crippen LogP contribution in [-0.2, 0) is 0 Å². The van der Waals surface area contributed by atoms with Crippen molar-refractivity contribution in [3.05, 3.63) is 127 Å². The van der Waals surface area contributed by atoms with Gasteiger partial charge in [-0.05, 0) is 34.2 Å². The quantitative estimate of drug-likeness (QED) is 0.254. The normalized spacial score (nSPS) is 11.0. The van der Waals surface area contributed by atoms with Gasteiger partial charge in [-0.2, -0.15) is 0 Å². The Morgan fingerprint density at radius 1 is 0.500 bits per heavy atom. The summed E-state index contributed by atoms with van der Waals surface area (Å²) < 4.78 is 0. The van der Waals surface area contributed by atoms with E-state index in [0.29, 0.717) is 0 Å². The van der Waals surface area contributed by atoms with Crippen molar-refractivity contribution in [3.8, 4) is 0 Å². The molecule has 0 amide bonds. The third-order valence-corrected chi connectivity index (χ3v) is 9.37. The Morgan fingerprint density at radius 3 is 1.18 bits per heavy atom. The van der Waals surface area contributed by atoms with Gasteiger partial charge in [0.25, 0.3) is 0 Å². The zero-order valence-electron chi connectivity index (χ0n) is 15.5. The molecule has 136 valence electrons. The highest BCUT2D eigenvalue weighted by atomic mass is 32.1. The maximum Gasteiger partial charge on any atom is 0.0460 e. The number of hydrogen-bond acceptors (Lipinski definition) is 1. The van der Waals surface area contributed by atoms with E-state index in [4.69, 9.17) is 12.2 Å². The summed E-state index contributed by atoms with van der Waals surface area (Å²) in [5.74, 6) is 2.34. The molecule has 0 radical (unpaired) electrons. The van der Waals surface area contributed by atoms with Crippen LogP contribution >= 0.6 is 19.1 Å². The molecular formula is C26H21PS. The molecule has 0 bridgehead atoms. The summed E-state index contributed by atoms with van der Waals surface area (Å²) in [7, 11) is 0. The molecule has 0 saturated carbocycles. The molecule has 0 atom stereocenters. The number of hydrogen-bond donors (Lipinski definition) is 0. The molecule has 0 spiro atoms. The highest BCUT2D eigenvalue weighted by molar-refractivity contribution is 7.97. The second kappa shape index (κ2) is 8.52. The summed E-state index contributed by atoms with van der Waals surface area (Å²) in [4.78, 5) is 0.894. The first-order chi connectivity index (χ1) is 13.8. The topological polar surface area (TPSA) is 0 Å². The van der Waals surface area contributed by atoms with E-state index in [1.165, 1.54) is 15.9 Å². The average molecular weight is 396 g/mol.